The number of H-pyrrole nitrogens is 1. The summed E-state index contributed by atoms with van der Waals surface area (Å²) in [4.78, 5) is 31.4. The molecular weight excluding hydrogens is 413 g/mol. The van der Waals surface area contributed by atoms with Gasteiger partial charge in [0.15, 0.2) is 5.82 Å². The zero-order chi connectivity index (χ0) is 22.5. The molecule has 0 radical (unpaired) electrons. The second kappa shape index (κ2) is 9.69. The first-order valence-corrected chi connectivity index (χ1v) is 10.3. The molecule has 1 fully saturated rings. The van der Waals surface area contributed by atoms with Crippen molar-refractivity contribution in [3.63, 3.8) is 0 Å². The van der Waals surface area contributed by atoms with Gasteiger partial charge in [-0.3, -0.25) is 14.7 Å². The van der Waals surface area contributed by atoms with E-state index in [0.717, 1.165) is 5.56 Å². The van der Waals surface area contributed by atoms with E-state index in [1.165, 1.54) is 19.2 Å². The van der Waals surface area contributed by atoms with Gasteiger partial charge in [-0.1, -0.05) is 42.5 Å². The highest BCUT2D eigenvalue weighted by atomic mass is 19.1. The van der Waals surface area contributed by atoms with Gasteiger partial charge in [0.05, 0.1) is 18.4 Å². The van der Waals surface area contributed by atoms with E-state index in [9.17, 15) is 14.0 Å². The zero-order valence-electron chi connectivity index (χ0n) is 17.6. The topological polar surface area (TPSA) is 100 Å². The van der Waals surface area contributed by atoms with E-state index >= 15 is 0 Å². The molecule has 0 saturated carbocycles. The third kappa shape index (κ3) is 5.00. The molecule has 1 aliphatic rings. The summed E-state index contributed by atoms with van der Waals surface area (Å²) in [5.74, 6) is 0.0722. The molecule has 32 heavy (non-hydrogen) atoms. The van der Waals surface area contributed by atoms with Gasteiger partial charge < -0.3 is 15.0 Å². The van der Waals surface area contributed by atoms with Gasteiger partial charge >= 0.3 is 0 Å². The van der Waals surface area contributed by atoms with Crippen molar-refractivity contribution in [3.8, 4) is 11.4 Å². The van der Waals surface area contributed by atoms with Gasteiger partial charge in [-0.15, -0.1) is 0 Å². The van der Waals surface area contributed by atoms with Crippen LogP contribution in [-0.4, -0.2) is 64.7 Å². The number of amides is 2. The molecular formula is C23H24FN5O3. The minimum Gasteiger partial charge on any atom is -0.375 e. The van der Waals surface area contributed by atoms with E-state index in [1.807, 2.05) is 30.3 Å². The van der Waals surface area contributed by atoms with Gasteiger partial charge in [0.25, 0.3) is 0 Å². The average molecular weight is 437 g/mol. The van der Waals surface area contributed by atoms with E-state index in [-0.39, 0.29) is 42.6 Å². The van der Waals surface area contributed by atoms with Gasteiger partial charge in [-0.05, 0) is 17.7 Å². The number of hydrogen-bond donors (Lipinski definition) is 2. The number of ether oxygens (including phenoxy) is 1. The van der Waals surface area contributed by atoms with Crippen LogP contribution in [-0.2, 0) is 20.7 Å². The Morgan fingerprint density at radius 3 is 2.75 bits per heavy atom. The summed E-state index contributed by atoms with van der Waals surface area (Å²) in [6.07, 6.45) is 0.0783. The molecule has 1 aromatic heterocycles. The smallest absolute Gasteiger partial charge is 0.246 e. The SMILES string of the molecule is COCC(=O)N[C@@H]1CN(C(=O)Cc2cccc(F)c2)C[C@H]1c1nc(-c2ccccc2)n[nH]1. The van der Waals surface area contributed by atoms with Gasteiger partial charge in [-0.25, -0.2) is 9.37 Å². The molecule has 1 aliphatic heterocycles. The number of nitrogens with one attached hydrogen (secondary N) is 2. The van der Waals surface area contributed by atoms with E-state index in [4.69, 9.17) is 4.74 Å². The van der Waals surface area contributed by atoms with E-state index < -0.39 is 0 Å². The Balaban J connectivity index is 1.53. The van der Waals surface area contributed by atoms with Crippen molar-refractivity contribution in [3.05, 3.63) is 71.8 Å². The number of likely N-dealkylation sites (tertiary alicyclic amines) is 1. The van der Waals surface area contributed by atoms with Crippen LogP contribution in [0.2, 0.25) is 0 Å². The number of nitrogens with zero attached hydrogens (tertiary/aromatic N) is 3. The predicted octanol–water partition coefficient (Wildman–Crippen LogP) is 1.91. The Bertz CT molecular complexity index is 1090. The van der Waals surface area contributed by atoms with Gasteiger partial charge in [0.2, 0.25) is 11.8 Å². The molecule has 8 nitrogen and oxygen atoms in total. The lowest BCUT2D eigenvalue weighted by Gasteiger charge is -2.17. The van der Waals surface area contributed by atoms with Crippen molar-refractivity contribution in [2.45, 2.75) is 18.4 Å². The lowest BCUT2D eigenvalue weighted by atomic mass is 10.0. The summed E-state index contributed by atoms with van der Waals surface area (Å²) in [7, 11) is 1.45. The number of methoxy groups -OCH3 is 1. The molecule has 9 heteroatoms. The van der Waals surface area contributed by atoms with E-state index in [1.54, 1.807) is 17.0 Å². The molecule has 4 rings (SSSR count). The Kier molecular flexibility index (Phi) is 6.55. The van der Waals surface area contributed by atoms with Gasteiger partial charge in [0.1, 0.15) is 18.2 Å². The molecule has 2 aromatic carbocycles. The minimum absolute atomic E-state index is 0.0773. The first-order valence-electron chi connectivity index (χ1n) is 10.3. The molecule has 2 atom stereocenters. The fraction of sp³-hybridized carbons (Fsp3) is 0.304. The number of hydrogen-bond acceptors (Lipinski definition) is 5. The van der Waals surface area contributed by atoms with Gasteiger partial charge in [-0.2, -0.15) is 5.10 Å². The summed E-state index contributed by atoms with van der Waals surface area (Å²) in [6, 6.07) is 15.2. The molecule has 166 valence electrons. The summed E-state index contributed by atoms with van der Waals surface area (Å²) < 4.78 is 18.4. The van der Waals surface area contributed by atoms with Crippen molar-refractivity contribution in [2.24, 2.45) is 0 Å². The van der Waals surface area contributed by atoms with Crippen LogP contribution in [0.1, 0.15) is 17.3 Å². The number of aromatic amines is 1. The average Bonchev–Trinajstić information content (AvgIpc) is 3.42. The van der Waals surface area contributed by atoms with Crippen LogP contribution in [0.5, 0.6) is 0 Å². The Hall–Kier alpha value is -3.59. The Morgan fingerprint density at radius 2 is 2.00 bits per heavy atom. The predicted molar refractivity (Wildman–Crippen MR) is 115 cm³/mol. The number of aromatic nitrogens is 3. The third-order valence-corrected chi connectivity index (χ3v) is 5.42. The fourth-order valence-corrected chi connectivity index (χ4v) is 3.90. The van der Waals surface area contributed by atoms with Crippen LogP contribution in [0.25, 0.3) is 11.4 Å². The first kappa shape index (κ1) is 21.6. The molecule has 3 aromatic rings. The number of halogens is 1. The number of carbonyl (C=O) groups excluding carboxylic acids is 2. The highest BCUT2D eigenvalue weighted by Gasteiger charge is 2.39. The maximum Gasteiger partial charge on any atom is 0.246 e. The second-order valence-electron chi connectivity index (χ2n) is 7.73. The number of carbonyl (C=O) groups is 2. The molecule has 0 unspecified atom stereocenters. The summed E-state index contributed by atoms with van der Waals surface area (Å²) in [5.41, 5.74) is 1.47. The second-order valence-corrected chi connectivity index (χ2v) is 7.73. The van der Waals surface area contributed by atoms with Crippen LogP contribution >= 0.6 is 0 Å². The monoisotopic (exact) mass is 437 g/mol. The fourth-order valence-electron chi connectivity index (χ4n) is 3.90. The van der Waals surface area contributed by atoms with Crippen LogP contribution in [0, 0.1) is 5.82 Å². The molecule has 1 saturated heterocycles. The van der Waals surface area contributed by atoms with E-state index in [2.05, 4.69) is 20.5 Å². The van der Waals surface area contributed by atoms with Crippen molar-refractivity contribution >= 4 is 11.8 Å². The lowest BCUT2D eigenvalue weighted by molar-refractivity contribution is -0.130. The molecule has 2 amide bonds. The maximum absolute atomic E-state index is 13.5. The largest absolute Gasteiger partial charge is 0.375 e. The quantitative estimate of drug-likeness (QED) is 0.588. The van der Waals surface area contributed by atoms with E-state index in [0.29, 0.717) is 30.3 Å². The Morgan fingerprint density at radius 1 is 1.19 bits per heavy atom. The molecule has 2 heterocycles. The van der Waals surface area contributed by atoms with Crippen LogP contribution in [0.3, 0.4) is 0 Å². The highest BCUT2D eigenvalue weighted by molar-refractivity contribution is 5.80. The maximum atomic E-state index is 13.5. The third-order valence-electron chi connectivity index (χ3n) is 5.42. The first-order chi connectivity index (χ1) is 15.5. The Labute approximate surface area is 184 Å². The number of rotatable bonds is 7. The molecule has 0 spiro atoms. The van der Waals surface area contributed by atoms with Crippen molar-refractivity contribution in [2.75, 3.05) is 26.8 Å². The minimum atomic E-state index is -0.380. The summed E-state index contributed by atoms with van der Waals surface area (Å²) in [6.45, 7) is 0.595. The summed E-state index contributed by atoms with van der Waals surface area (Å²) in [5, 5.41) is 10.2. The van der Waals surface area contributed by atoms with Gasteiger partial charge in [0, 0.05) is 25.8 Å². The summed E-state index contributed by atoms with van der Waals surface area (Å²) >= 11 is 0. The van der Waals surface area contributed by atoms with Crippen molar-refractivity contribution < 1.29 is 18.7 Å². The molecule has 0 bridgehead atoms. The zero-order valence-corrected chi connectivity index (χ0v) is 17.6. The molecule has 2 N–H and O–H groups in total. The highest BCUT2D eigenvalue weighted by Crippen LogP contribution is 2.27. The van der Waals surface area contributed by atoms with Crippen LogP contribution < -0.4 is 5.32 Å². The number of benzene rings is 2. The standard InChI is InChI=1S/C23H24FN5O3/c1-32-14-20(30)25-19-13-29(21(31)11-15-6-5-9-17(24)10-15)12-18(19)23-26-22(27-28-23)16-7-3-2-4-8-16/h2-10,18-19H,11-14H2,1H3,(H,25,30)(H,26,27,28)/t18-,19-/m1/s1. The van der Waals surface area contributed by atoms with Crippen LogP contribution in [0.4, 0.5) is 4.39 Å². The molecule has 0 aliphatic carbocycles. The van der Waals surface area contributed by atoms with Crippen molar-refractivity contribution in [1.29, 1.82) is 0 Å². The van der Waals surface area contributed by atoms with Crippen LogP contribution in [0.15, 0.2) is 54.6 Å². The van der Waals surface area contributed by atoms with Crippen molar-refractivity contribution in [1.82, 2.24) is 25.4 Å². The lowest BCUT2D eigenvalue weighted by Crippen LogP contribution is -2.42. The normalized spacial score (nSPS) is 18.0.